The van der Waals surface area contributed by atoms with E-state index in [0.29, 0.717) is 22.2 Å². The fourth-order valence-electron chi connectivity index (χ4n) is 4.62. The summed E-state index contributed by atoms with van der Waals surface area (Å²) in [6.07, 6.45) is 2.52. The smallest absolute Gasteiger partial charge is 0.243 e. The third-order valence-electron chi connectivity index (χ3n) is 7.05. The van der Waals surface area contributed by atoms with Gasteiger partial charge in [0.05, 0.1) is 22.0 Å². The first-order chi connectivity index (χ1) is 19.9. The first kappa shape index (κ1) is 33.4. The van der Waals surface area contributed by atoms with Gasteiger partial charge in [-0.05, 0) is 67.6 Å². The fraction of sp³-hybridized carbons (Fsp3) is 0.375. The van der Waals surface area contributed by atoms with E-state index in [4.69, 9.17) is 23.2 Å². The number of hydrogen-bond acceptors (Lipinski definition) is 4. The number of aryl methyl sites for hydroxylation is 1. The van der Waals surface area contributed by atoms with Crippen molar-refractivity contribution >= 4 is 50.7 Å². The highest BCUT2D eigenvalue weighted by Gasteiger charge is 2.31. The second-order valence-electron chi connectivity index (χ2n) is 10.6. The Labute approximate surface area is 259 Å². The highest BCUT2D eigenvalue weighted by Crippen LogP contribution is 2.25. The molecule has 226 valence electrons. The highest BCUT2D eigenvalue weighted by atomic mass is 35.5. The molecule has 0 aliphatic carbocycles. The molecule has 0 aromatic heterocycles. The maximum atomic E-state index is 13.9. The Morgan fingerprint density at radius 2 is 1.64 bits per heavy atom. The summed E-state index contributed by atoms with van der Waals surface area (Å²) >= 11 is 12.4. The van der Waals surface area contributed by atoms with Gasteiger partial charge < -0.3 is 10.2 Å². The molecule has 7 nitrogen and oxygen atoms in total. The summed E-state index contributed by atoms with van der Waals surface area (Å²) in [4.78, 5) is 29.2. The number of carbonyl (C=O) groups excluding carboxylic acids is 2. The standard InChI is InChI=1S/C32H39Cl2N3O4S/c1-5-24(3)35-32(39)30(21-25-12-7-6-8-13-25)36(22-26-16-17-28(33)29(34)20-26)31(38)15-10-18-37(42(4,40)41)27-14-9-11-23(2)19-27/h6-9,11-14,16-17,19-20,24,30H,5,10,15,18,21-22H2,1-4H3,(H,35,39)/t24-,30-/m1/s1. The zero-order valence-corrected chi connectivity index (χ0v) is 26.8. The number of nitrogens with zero attached hydrogens (tertiary/aromatic N) is 2. The van der Waals surface area contributed by atoms with E-state index in [9.17, 15) is 18.0 Å². The summed E-state index contributed by atoms with van der Waals surface area (Å²) in [7, 11) is -3.58. The Morgan fingerprint density at radius 3 is 2.26 bits per heavy atom. The Morgan fingerprint density at radius 1 is 0.929 bits per heavy atom. The molecule has 1 N–H and O–H groups in total. The maximum absolute atomic E-state index is 13.9. The highest BCUT2D eigenvalue weighted by molar-refractivity contribution is 7.92. The molecule has 10 heteroatoms. The lowest BCUT2D eigenvalue weighted by atomic mass is 10.0. The monoisotopic (exact) mass is 631 g/mol. The van der Waals surface area contributed by atoms with Crippen LogP contribution in [0.3, 0.4) is 0 Å². The minimum Gasteiger partial charge on any atom is -0.352 e. The number of anilines is 1. The molecule has 0 bridgehead atoms. The molecule has 0 saturated heterocycles. The van der Waals surface area contributed by atoms with Crippen molar-refractivity contribution in [3.8, 4) is 0 Å². The van der Waals surface area contributed by atoms with Gasteiger partial charge in [0.25, 0.3) is 0 Å². The van der Waals surface area contributed by atoms with Crippen LogP contribution in [0.4, 0.5) is 5.69 Å². The van der Waals surface area contributed by atoms with Crippen LogP contribution in [0.2, 0.25) is 10.0 Å². The maximum Gasteiger partial charge on any atom is 0.243 e. The molecule has 0 spiro atoms. The third-order valence-corrected chi connectivity index (χ3v) is 8.98. The first-order valence-electron chi connectivity index (χ1n) is 14.0. The number of carbonyl (C=O) groups is 2. The fourth-order valence-corrected chi connectivity index (χ4v) is 5.89. The number of hydrogen-bond donors (Lipinski definition) is 1. The number of halogens is 2. The summed E-state index contributed by atoms with van der Waals surface area (Å²) in [6, 6.07) is 21.1. The summed E-state index contributed by atoms with van der Waals surface area (Å²) in [5.74, 6) is -0.516. The van der Waals surface area contributed by atoms with E-state index in [1.54, 1.807) is 41.3 Å². The molecular weight excluding hydrogens is 593 g/mol. The minimum atomic E-state index is -3.58. The van der Waals surface area contributed by atoms with E-state index in [0.717, 1.165) is 29.4 Å². The van der Waals surface area contributed by atoms with Crippen LogP contribution in [0.5, 0.6) is 0 Å². The van der Waals surface area contributed by atoms with Crippen LogP contribution in [-0.4, -0.2) is 50.0 Å². The Bertz CT molecular complexity index is 1470. The van der Waals surface area contributed by atoms with E-state index >= 15 is 0 Å². The van der Waals surface area contributed by atoms with Crippen LogP contribution < -0.4 is 9.62 Å². The zero-order valence-electron chi connectivity index (χ0n) is 24.5. The summed E-state index contributed by atoms with van der Waals surface area (Å²) in [5, 5.41) is 3.79. The van der Waals surface area contributed by atoms with Crippen molar-refractivity contribution < 1.29 is 18.0 Å². The molecule has 0 unspecified atom stereocenters. The summed E-state index contributed by atoms with van der Waals surface area (Å²) in [5.41, 5.74) is 3.12. The first-order valence-corrected chi connectivity index (χ1v) is 16.6. The van der Waals surface area contributed by atoms with Crippen molar-refractivity contribution in [2.45, 2.75) is 65.1 Å². The molecule has 0 fully saturated rings. The molecule has 3 rings (SSSR count). The topological polar surface area (TPSA) is 86.8 Å². The zero-order chi connectivity index (χ0) is 30.9. The lowest BCUT2D eigenvalue weighted by Crippen LogP contribution is -2.52. The van der Waals surface area contributed by atoms with Crippen LogP contribution in [0.1, 0.15) is 49.8 Å². The van der Waals surface area contributed by atoms with Crippen LogP contribution >= 0.6 is 23.2 Å². The molecule has 0 radical (unpaired) electrons. The Balaban J connectivity index is 1.91. The van der Waals surface area contributed by atoms with E-state index < -0.39 is 16.1 Å². The van der Waals surface area contributed by atoms with Crippen molar-refractivity contribution in [3.05, 3.63) is 99.5 Å². The van der Waals surface area contributed by atoms with Gasteiger partial charge in [-0.25, -0.2) is 8.42 Å². The molecular formula is C32H39Cl2N3O4S. The van der Waals surface area contributed by atoms with Gasteiger partial charge in [0, 0.05) is 32.0 Å². The molecule has 0 aliphatic heterocycles. The lowest BCUT2D eigenvalue weighted by molar-refractivity contribution is -0.141. The van der Waals surface area contributed by atoms with Gasteiger partial charge in [-0.3, -0.25) is 13.9 Å². The molecule has 0 aliphatic rings. The lowest BCUT2D eigenvalue weighted by Gasteiger charge is -2.33. The van der Waals surface area contributed by atoms with Gasteiger partial charge in [0.1, 0.15) is 6.04 Å². The Hall–Kier alpha value is -3.07. The molecule has 0 heterocycles. The quantitative estimate of drug-likeness (QED) is 0.223. The van der Waals surface area contributed by atoms with Gasteiger partial charge >= 0.3 is 0 Å². The van der Waals surface area contributed by atoms with Gasteiger partial charge in [-0.2, -0.15) is 0 Å². The Kier molecular flexibility index (Phi) is 12.3. The second-order valence-corrected chi connectivity index (χ2v) is 13.3. The van der Waals surface area contributed by atoms with Crippen molar-refractivity contribution in [1.29, 1.82) is 0 Å². The van der Waals surface area contributed by atoms with Gasteiger partial charge in [-0.1, -0.05) is 78.7 Å². The van der Waals surface area contributed by atoms with Gasteiger partial charge in [0.15, 0.2) is 0 Å². The second kappa shape index (κ2) is 15.4. The number of benzene rings is 3. The predicted octanol–water partition coefficient (Wildman–Crippen LogP) is 6.40. The van der Waals surface area contributed by atoms with Crippen molar-refractivity contribution in [3.63, 3.8) is 0 Å². The molecule has 2 atom stereocenters. The number of amides is 2. The molecule has 2 amide bonds. The largest absolute Gasteiger partial charge is 0.352 e. The van der Waals surface area contributed by atoms with Crippen molar-refractivity contribution in [2.24, 2.45) is 0 Å². The number of sulfonamides is 1. The predicted molar refractivity (Wildman–Crippen MR) is 171 cm³/mol. The molecule has 3 aromatic carbocycles. The van der Waals surface area contributed by atoms with E-state index in [1.807, 2.05) is 57.2 Å². The molecule has 3 aromatic rings. The van der Waals surface area contributed by atoms with E-state index in [-0.39, 0.29) is 43.8 Å². The SMILES string of the molecule is CC[C@@H](C)NC(=O)[C@@H](Cc1ccccc1)N(Cc1ccc(Cl)c(Cl)c1)C(=O)CCCN(c1cccc(C)c1)S(C)(=O)=O. The van der Waals surface area contributed by atoms with Crippen LogP contribution in [0, 0.1) is 6.92 Å². The molecule has 42 heavy (non-hydrogen) atoms. The summed E-state index contributed by atoms with van der Waals surface area (Å²) < 4.78 is 26.6. The van der Waals surface area contributed by atoms with Crippen molar-refractivity contribution in [1.82, 2.24) is 10.2 Å². The van der Waals surface area contributed by atoms with Crippen LogP contribution in [0.25, 0.3) is 0 Å². The van der Waals surface area contributed by atoms with E-state index in [1.165, 1.54) is 4.31 Å². The molecule has 0 saturated carbocycles. The van der Waals surface area contributed by atoms with E-state index in [2.05, 4.69) is 5.32 Å². The number of nitrogens with one attached hydrogen (secondary N) is 1. The average Bonchev–Trinajstić information content (AvgIpc) is 2.94. The summed E-state index contributed by atoms with van der Waals surface area (Å²) in [6.45, 7) is 6.06. The van der Waals surface area contributed by atoms with Crippen LogP contribution in [0.15, 0.2) is 72.8 Å². The third kappa shape index (κ3) is 9.75. The average molecular weight is 633 g/mol. The van der Waals surface area contributed by atoms with Gasteiger partial charge in [0.2, 0.25) is 21.8 Å². The van der Waals surface area contributed by atoms with Gasteiger partial charge in [-0.15, -0.1) is 0 Å². The minimum absolute atomic E-state index is 0.0427. The van der Waals surface area contributed by atoms with Crippen LogP contribution in [-0.2, 0) is 32.6 Å². The van der Waals surface area contributed by atoms with Crippen molar-refractivity contribution in [2.75, 3.05) is 17.1 Å². The normalized spacial score (nSPS) is 12.8. The number of rotatable bonds is 14.